The van der Waals surface area contributed by atoms with Crippen molar-refractivity contribution in [2.24, 2.45) is 11.7 Å². The molecule has 1 aliphatic rings. The predicted molar refractivity (Wildman–Crippen MR) is 111 cm³/mol. The molecule has 3 N–H and O–H groups in total. The molecule has 0 spiro atoms. The summed E-state index contributed by atoms with van der Waals surface area (Å²) in [5.41, 5.74) is 7.08. The van der Waals surface area contributed by atoms with Gasteiger partial charge in [-0.05, 0) is 31.5 Å². The van der Waals surface area contributed by atoms with E-state index in [4.69, 9.17) is 15.2 Å². The summed E-state index contributed by atoms with van der Waals surface area (Å²) in [6.07, 6.45) is 0.0570. The molecule has 0 radical (unpaired) electrons. The zero-order chi connectivity index (χ0) is 21.3. The van der Waals surface area contributed by atoms with Gasteiger partial charge in [0.15, 0.2) is 0 Å². The second-order valence-corrected chi connectivity index (χ2v) is 8.01. The van der Waals surface area contributed by atoms with E-state index >= 15 is 0 Å². The lowest BCUT2D eigenvalue weighted by Crippen LogP contribution is -2.28. The molecule has 29 heavy (non-hydrogen) atoms. The third kappa shape index (κ3) is 3.91. The Kier molecular flexibility index (Phi) is 5.78. The minimum atomic E-state index is -0.590. The van der Waals surface area contributed by atoms with Gasteiger partial charge in [0.05, 0.1) is 31.4 Å². The molecule has 1 aliphatic heterocycles. The number of primary amides is 1. The zero-order valence-corrected chi connectivity index (χ0v) is 17.5. The first-order valence-electron chi connectivity index (χ1n) is 8.99. The molecule has 2 heterocycles. The first kappa shape index (κ1) is 20.7. The number of hydrogen-bond acceptors (Lipinski definition) is 6. The number of carbonyl (C=O) groups excluding carboxylic acids is 3. The van der Waals surface area contributed by atoms with E-state index < -0.39 is 11.8 Å². The Balaban J connectivity index is 1.82. The first-order chi connectivity index (χ1) is 13.8. The van der Waals surface area contributed by atoms with Gasteiger partial charge < -0.3 is 25.4 Å². The molecule has 3 amide bonds. The van der Waals surface area contributed by atoms with Gasteiger partial charge in [-0.25, -0.2) is 0 Å². The Morgan fingerprint density at radius 1 is 1.24 bits per heavy atom. The number of nitrogens with one attached hydrogen (secondary N) is 1. The number of nitrogens with two attached hydrogens (primary N) is 1. The number of nitrogens with zero attached hydrogens (tertiary/aromatic N) is 1. The van der Waals surface area contributed by atoms with Crippen molar-refractivity contribution in [3.63, 3.8) is 0 Å². The molecule has 3 rings (SSSR count). The van der Waals surface area contributed by atoms with Gasteiger partial charge in [-0.15, -0.1) is 11.3 Å². The molecule has 0 saturated carbocycles. The molecule has 1 atom stereocenters. The van der Waals surface area contributed by atoms with Crippen molar-refractivity contribution in [1.29, 1.82) is 0 Å². The molecule has 154 valence electrons. The first-order valence-corrected chi connectivity index (χ1v) is 9.81. The van der Waals surface area contributed by atoms with Gasteiger partial charge in [0.1, 0.15) is 16.5 Å². The summed E-state index contributed by atoms with van der Waals surface area (Å²) in [5.74, 6) is -0.580. The number of anilines is 2. The van der Waals surface area contributed by atoms with E-state index in [1.165, 1.54) is 30.5 Å². The Morgan fingerprint density at radius 2 is 1.97 bits per heavy atom. The van der Waals surface area contributed by atoms with Crippen LogP contribution in [0.4, 0.5) is 10.7 Å². The van der Waals surface area contributed by atoms with Crippen LogP contribution in [0.5, 0.6) is 11.5 Å². The highest BCUT2D eigenvalue weighted by Crippen LogP contribution is 2.37. The molecule has 1 fully saturated rings. The maximum atomic E-state index is 12.8. The van der Waals surface area contributed by atoms with Gasteiger partial charge in [-0.2, -0.15) is 0 Å². The van der Waals surface area contributed by atoms with Gasteiger partial charge in [-0.3, -0.25) is 14.4 Å². The number of hydrogen-bond donors (Lipinski definition) is 2. The van der Waals surface area contributed by atoms with Crippen molar-refractivity contribution in [2.75, 3.05) is 31.0 Å². The minimum Gasteiger partial charge on any atom is -0.497 e. The lowest BCUT2D eigenvalue weighted by Gasteiger charge is -2.20. The smallest absolute Gasteiger partial charge is 0.251 e. The molecule has 9 heteroatoms. The normalized spacial score (nSPS) is 16.1. The largest absolute Gasteiger partial charge is 0.497 e. The highest BCUT2D eigenvalue weighted by molar-refractivity contribution is 7.16. The van der Waals surface area contributed by atoms with Crippen molar-refractivity contribution < 1.29 is 23.9 Å². The average molecular weight is 417 g/mol. The number of carbonyl (C=O) groups is 3. The van der Waals surface area contributed by atoms with Crippen LogP contribution in [0.2, 0.25) is 0 Å². The molecule has 8 nitrogen and oxygen atoms in total. The summed E-state index contributed by atoms with van der Waals surface area (Å²) in [6, 6.07) is 5.15. The van der Waals surface area contributed by atoms with Gasteiger partial charge in [-0.1, -0.05) is 0 Å². The van der Waals surface area contributed by atoms with E-state index in [0.717, 1.165) is 10.4 Å². The van der Waals surface area contributed by atoms with Gasteiger partial charge in [0, 0.05) is 23.9 Å². The Labute approximate surface area is 172 Å². The molecule has 2 aromatic rings. The van der Waals surface area contributed by atoms with Crippen LogP contribution in [0.3, 0.4) is 0 Å². The van der Waals surface area contributed by atoms with E-state index in [0.29, 0.717) is 27.8 Å². The maximum Gasteiger partial charge on any atom is 0.251 e. The van der Waals surface area contributed by atoms with Crippen LogP contribution in [-0.4, -0.2) is 38.5 Å². The van der Waals surface area contributed by atoms with Gasteiger partial charge in [0.25, 0.3) is 5.91 Å². The molecule has 0 bridgehead atoms. The summed E-state index contributed by atoms with van der Waals surface area (Å²) in [5, 5.41) is 3.20. The van der Waals surface area contributed by atoms with Crippen LogP contribution in [0, 0.1) is 19.8 Å². The van der Waals surface area contributed by atoms with Crippen LogP contribution in [-0.2, 0) is 9.59 Å². The number of benzene rings is 1. The van der Waals surface area contributed by atoms with Gasteiger partial charge >= 0.3 is 0 Å². The summed E-state index contributed by atoms with van der Waals surface area (Å²) in [6.45, 7) is 3.85. The van der Waals surface area contributed by atoms with E-state index in [9.17, 15) is 14.4 Å². The summed E-state index contributed by atoms with van der Waals surface area (Å²) in [7, 11) is 3.05. The Bertz CT molecular complexity index is 985. The Hall–Kier alpha value is -3.07. The molecule has 0 aliphatic carbocycles. The number of ether oxygens (including phenoxy) is 2. The summed E-state index contributed by atoms with van der Waals surface area (Å²) < 4.78 is 10.6. The zero-order valence-electron chi connectivity index (χ0n) is 16.7. The minimum absolute atomic E-state index is 0.0570. The third-order valence-corrected chi connectivity index (χ3v) is 6.16. The van der Waals surface area contributed by atoms with Crippen molar-refractivity contribution >= 4 is 39.7 Å². The number of rotatable bonds is 6. The van der Waals surface area contributed by atoms with Gasteiger partial charge in [0.2, 0.25) is 11.8 Å². The number of methoxy groups -OCH3 is 2. The molecule has 1 saturated heterocycles. The number of aryl methyl sites for hydroxylation is 1. The lowest BCUT2D eigenvalue weighted by molar-refractivity contribution is -0.122. The lowest BCUT2D eigenvalue weighted by atomic mass is 10.1. The fraction of sp³-hybridized carbons (Fsp3) is 0.350. The second kappa shape index (κ2) is 8.12. The molecular weight excluding hydrogens is 394 g/mol. The average Bonchev–Trinajstić information content (AvgIpc) is 3.20. The number of amides is 3. The van der Waals surface area contributed by atoms with Crippen molar-refractivity contribution in [3.05, 3.63) is 34.2 Å². The maximum absolute atomic E-state index is 12.8. The quantitative estimate of drug-likeness (QED) is 0.750. The van der Waals surface area contributed by atoms with Crippen LogP contribution >= 0.6 is 11.3 Å². The van der Waals surface area contributed by atoms with Crippen molar-refractivity contribution in [1.82, 2.24) is 0 Å². The molecule has 1 unspecified atom stereocenters. The Morgan fingerprint density at radius 3 is 2.59 bits per heavy atom. The van der Waals surface area contributed by atoms with Crippen LogP contribution in [0.15, 0.2) is 18.2 Å². The predicted octanol–water partition coefficient (Wildman–Crippen LogP) is 2.47. The monoisotopic (exact) mass is 417 g/mol. The summed E-state index contributed by atoms with van der Waals surface area (Å²) >= 11 is 1.30. The van der Waals surface area contributed by atoms with Crippen molar-refractivity contribution in [3.8, 4) is 11.5 Å². The van der Waals surface area contributed by atoms with E-state index in [2.05, 4.69) is 5.32 Å². The second-order valence-electron chi connectivity index (χ2n) is 6.78. The fourth-order valence-corrected chi connectivity index (χ4v) is 4.42. The van der Waals surface area contributed by atoms with Crippen LogP contribution < -0.4 is 25.4 Å². The third-order valence-electron chi connectivity index (χ3n) is 5.04. The molecule has 1 aromatic carbocycles. The molecule has 1 aromatic heterocycles. The SMILES string of the molecule is COc1ccc(OC)c(N2CC(C(=O)Nc3sc(C)c(C)c3C(N)=O)CC2=O)c1. The van der Waals surface area contributed by atoms with E-state index in [1.807, 2.05) is 6.92 Å². The fourth-order valence-electron chi connectivity index (χ4n) is 3.35. The highest BCUT2D eigenvalue weighted by atomic mass is 32.1. The summed E-state index contributed by atoms with van der Waals surface area (Å²) in [4.78, 5) is 39.6. The van der Waals surface area contributed by atoms with Crippen LogP contribution in [0.1, 0.15) is 27.2 Å². The standard InChI is InChI=1S/C20H23N3O5S/c1-10-11(2)29-20(17(10)18(21)25)22-19(26)12-7-16(24)23(9-12)14-8-13(27-3)5-6-15(14)28-4/h5-6,8,12H,7,9H2,1-4H3,(H2,21,25)(H,22,26). The topological polar surface area (TPSA) is 111 Å². The van der Waals surface area contributed by atoms with E-state index in [1.54, 1.807) is 25.1 Å². The van der Waals surface area contributed by atoms with E-state index in [-0.39, 0.29) is 24.8 Å². The molecular formula is C20H23N3O5S. The van der Waals surface area contributed by atoms with Crippen LogP contribution in [0.25, 0.3) is 0 Å². The number of thiophene rings is 1. The highest BCUT2D eigenvalue weighted by Gasteiger charge is 2.37. The van der Waals surface area contributed by atoms with Crippen molar-refractivity contribution in [2.45, 2.75) is 20.3 Å².